The van der Waals surface area contributed by atoms with Gasteiger partial charge in [-0.3, -0.25) is 4.79 Å². The van der Waals surface area contributed by atoms with E-state index in [4.69, 9.17) is 14.0 Å². The summed E-state index contributed by atoms with van der Waals surface area (Å²) in [6.45, 7) is 9.87. The van der Waals surface area contributed by atoms with Gasteiger partial charge in [0.1, 0.15) is 24.1 Å². The molecule has 0 amide bonds. The molecule has 5 heteroatoms. The van der Waals surface area contributed by atoms with Crippen molar-refractivity contribution in [1.29, 1.82) is 0 Å². The lowest BCUT2D eigenvalue weighted by molar-refractivity contribution is -0.139. The molecule has 1 aliphatic heterocycles. The van der Waals surface area contributed by atoms with Crippen LogP contribution < -0.4 is 0 Å². The minimum atomic E-state index is -0.388. The Morgan fingerprint density at radius 2 is 2.05 bits per heavy atom. The summed E-state index contributed by atoms with van der Waals surface area (Å²) in [6, 6.07) is 0. The first-order valence-electron chi connectivity index (χ1n) is 7.48. The van der Waals surface area contributed by atoms with E-state index in [0.29, 0.717) is 6.61 Å². The third-order valence-corrected chi connectivity index (χ3v) is 3.87. The van der Waals surface area contributed by atoms with Crippen molar-refractivity contribution in [3.8, 4) is 0 Å². The molecule has 0 saturated heterocycles. The van der Waals surface area contributed by atoms with Gasteiger partial charge in [-0.15, -0.1) is 0 Å². The molecule has 0 aliphatic carbocycles. The Morgan fingerprint density at radius 1 is 1.36 bits per heavy atom. The fourth-order valence-electron chi connectivity index (χ4n) is 2.20. The normalized spacial score (nSPS) is 21.5. The summed E-state index contributed by atoms with van der Waals surface area (Å²) in [6.07, 6.45) is 7.98. The van der Waals surface area contributed by atoms with Gasteiger partial charge in [-0.1, -0.05) is 11.6 Å². The van der Waals surface area contributed by atoms with Crippen LogP contribution in [0.2, 0.25) is 0 Å². The van der Waals surface area contributed by atoms with Crippen molar-refractivity contribution in [2.24, 2.45) is 0 Å². The number of hydrogen-bond donors (Lipinski definition) is 0. The van der Waals surface area contributed by atoms with Crippen molar-refractivity contribution < 1.29 is 18.8 Å². The highest BCUT2D eigenvalue weighted by Gasteiger charge is 2.35. The molecule has 2 unspecified atom stereocenters. The van der Waals surface area contributed by atoms with Crippen molar-refractivity contribution >= 4 is 15.4 Å². The molecule has 0 N–H and O–H groups in total. The summed E-state index contributed by atoms with van der Waals surface area (Å²) in [5, 5.41) is 0. The van der Waals surface area contributed by atoms with Crippen LogP contribution in [0, 0.1) is 0 Å². The summed E-state index contributed by atoms with van der Waals surface area (Å²) >= 11 is 0. The van der Waals surface area contributed by atoms with Gasteiger partial charge in [-0.2, -0.15) is 0 Å². The van der Waals surface area contributed by atoms with E-state index >= 15 is 0 Å². The van der Waals surface area contributed by atoms with E-state index in [2.05, 4.69) is 22.5 Å². The lowest BCUT2D eigenvalue weighted by atomic mass is 10.1. The van der Waals surface area contributed by atoms with Crippen molar-refractivity contribution in [2.45, 2.75) is 59.2 Å². The summed E-state index contributed by atoms with van der Waals surface area (Å²) in [7, 11) is 2.27. The lowest BCUT2D eigenvalue weighted by Crippen LogP contribution is -2.25. The van der Waals surface area contributed by atoms with Crippen LogP contribution in [-0.2, 0) is 18.8 Å². The molecule has 4 nitrogen and oxygen atoms in total. The van der Waals surface area contributed by atoms with E-state index < -0.39 is 0 Å². The van der Waals surface area contributed by atoms with Crippen LogP contribution in [0.1, 0.15) is 47.5 Å². The molecule has 0 spiro atoms. The number of rotatable bonds is 7. The van der Waals surface area contributed by atoms with Crippen molar-refractivity contribution in [2.75, 3.05) is 6.61 Å². The van der Waals surface area contributed by atoms with E-state index in [-0.39, 0.29) is 17.7 Å². The minimum Gasteiger partial charge on any atom is -0.482 e. The maximum Gasteiger partial charge on any atom is 0.302 e. The third kappa shape index (κ3) is 5.94. The molecule has 124 valence electrons. The summed E-state index contributed by atoms with van der Waals surface area (Å²) < 4.78 is 16.2. The molecule has 0 fully saturated rings. The highest BCUT2D eigenvalue weighted by molar-refractivity contribution is 7.10. The summed E-state index contributed by atoms with van der Waals surface area (Å²) in [5.74, 6) is 0.590. The fourth-order valence-corrected chi connectivity index (χ4v) is 2.56. The molecule has 1 rings (SSSR count). The van der Waals surface area contributed by atoms with Gasteiger partial charge in [0.15, 0.2) is 0 Å². The Kier molecular flexibility index (Phi) is 7.31. The highest BCUT2D eigenvalue weighted by atomic mass is 31.0. The number of hydrogen-bond acceptors (Lipinski definition) is 4. The standard InChI is InChI=1S/C17H27O4P/c1-12(9-10-19-14(3)18)7-6-8-13(2)15-11-16(21-22)17(4,5)20-15/h8-9,11,15H,6-7,10,22H2,1-5H3/b12-9+,13-8+. The Bertz CT molecular complexity index is 489. The number of esters is 1. The van der Waals surface area contributed by atoms with Crippen LogP contribution in [-0.4, -0.2) is 24.3 Å². The van der Waals surface area contributed by atoms with Gasteiger partial charge in [0, 0.05) is 6.92 Å². The van der Waals surface area contributed by atoms with E-state index in [1.807, 2.05) is 32.9 Å². The Balaban J connectivity index is 2.47. The van der Waals surface area contributed by atoms with E-state index in [0.717, 1.165) is 18.6 Å². The Labute approximate surface area is 135 Å². The van der Waals surface area contributed by atoms with Crippen LogP contribution in [0.5, 0.6) is 0 Å². The second-order valence-corrected chi connectivity index (χ2v) is 6.27. The highest BCUT2D eigenvalue weighted by Crippen LogP contribution is 2.34. The van der Waals surface area contributed by atoms with E-state index in [1.54, 1.807) is 0 Å². The number of carbonyl (C=O) groups excluding carboxylic acids is 1. The van der Waals surface area contributed by atoms with Crippen LogP contribution in [0.4, 0.5) is 0 Å². The van der Waals surface area contributed by atoms with Gasteiger partial charge in [0.05, 0.1) is 9.47 Å². The summed E-state index contributed by atoms with van der Waals surface area (Å²) in [4.78, 5) is 10.7. The Morgan fingerprint density at radius 3 is 2.59 bits per heavy atom. The smallest absolute Gasteiger partial charge is 0.302 e. The Hall–Kier alpha value is -1.12. The monoisotopic (exact) mass is 326 g/mol. The number of carbonyl (C=O) groups is 1. The zero-order chi connectivity index (χ0) is 16.8. The minimum absolute atomic E-state index is 0.0316. The molecule has 22 heavy (non-hydrogen) atoms. The van der Waals surface area contributed by atoms with Gasteiger partial charge >= 0.3 is 5.97 Å². The predicted octanol–water partition coefficient (Wildman–Crippen LogP) is 4.09. The topological polar surface area (TPSA) is 44.8 Å². The van der Waals surface area contributed by atoms with Gasteiger partial charge in [0.25, 0.3) is 0 Å². The molecule has 2 atom stereocenters. The third-order valence-electron chi connectivity index (χ3n) is 3.62. The molecule has 0 aromatic rings. The average Bonchev–Trinajstić information content (AvgIpc) is 2.73. The lowest BCUT2D eigenvalue weighted by Gasteiger charge is -2.22. The van der Waals surface area contributed by atoms with Crippen molar-refractivity contribution in [3.63, 3.8) is 0 Å². The molecule has 0 aromatic heterocycles. The largest absolute Gasteiger partial charge is 0.482 e. The molecule has 0 radical (unpaired) electrons. The maximum absolute atomic E-state index is 10.7. The zero-order valence-electron chi connectivity index (χ0n) is 14.1. The number of allylic oxidation sites excluding steroid dienone is 2. The first-order chi connectivity index (χ1) is 10.3. The van der Waals surface area contributed by atoms with E-state index in [9.17, 15) is 4.79 Å². The SMILES string of the molecule is CC(=O)OC/C=C(\C)CC/C=C(\C)C1C=C(OP)C(C)(C)O1. The van der Waals surface area contributed by atoms with Gasteiger partial charge < -0.3 is 14.0 Å². The van der Waals surface area contributed by atoms with Crippen LogP contribution in [0.3, 0.4) is 0 Å². The second-order valence-electron chi connectivity index (χ2n) is 6.04. The van der Waals surface area contributed by atoms with Crippen LogP contribution >= 0.6 is 9.47 Å². The molecule has 1 aliphatic rings. The van der Waals surface area contributed by atoms with Crippen molar-refractivity contribution in [3.05, 3.63) is 35.1 Å². The molecule has 0 bridgehead atoms. The first kappa shape index (κ1) is 18.9. The average molecular weight is 326 g/mol. The van der Waals surface area contributed by atoms with Crippen LogP contribution in [0.25, 0.3) is 0 Å². The van der Waals surface area contributed by atoms with E-state index in [1.165, 1.54) is 18.1 Å². The second kappa shape index (κ2) is 8.50. The van der Waals surface area contributed by atoms with Gasteiger partial charge in [-0.05, 0) is 58.3 Å². The maximum atomic E-state index is 10.7. The first-order valence-corrected chi connectivity index (χ1v) is 7.96. The quantitative estimate of drug-likeness (QED) is 0.401. The van der Waals surface area contributed by atoms with Crippen molar-refractivity contribution in [1.82, 2.24) is 0 Å². The fraction of sp³-hybridized carbons (Fsp3) is 0.588. The molecular weight excluding hydrogens is 299 g/mol. The molecule has 1 heterocycles. The molecular formula is C17H27O4P. The molecule has 0 aromatic carbocycles. The summed E-state index contributed by atoms with van der Waals surface area (Å²) in [5.41, 5.74) is 2.00. The molecule has 0 saturated carbocycles. The number of ether oxygens (including phenoxy) is 2. The van der Waals surface area contributed by atoms with Gasteiger partial charge in [-0.25, -0.2) is 0 Å². The van der Waals surface area contributed by atoms with Crippen LogP contribution in [0.15, 0.2) is 35.1 Å². The zero-order valence-corrected chi connectivity index (χ0v) is 15.3. The predicted molar refractivity (Wildman–Crippen MR) is 91.2 cm³/mol. The van der Waals surface area contributed by atoms with Gasteiger partial charge in [0.2, 0.25) is 0 Å².